The second-order valence-electron chi connectivity index (χ2n) is 4.69. The van der Waals surface area contributed by atoms with Gasteiger partial charge < -0.3 is 15.7 Å². The standard InChI is InChI=1S/C13H14FN3O2/c14-10-2-3-11(9(6-10)7-15)17-12(18)16-8-13(19)4-1-5-13/h2-3,6,19H,1,4-5,8H2,(H2,16,17,18). The highest BCUT2D eigenvalue weighted by atomic mass is 19.1. The summed E-state index contributed by atoms with van der Waals surface area (Å²) in [4.78, 5) is 11.6. The van der Waals surface area contributed by atoms with Gasteiger partial charge in [0.05, 0.1) is 16.9 Å². The van der Waals surface area contributed by atoms with E-state index >= 15 is 0 Å². The van der Waals surface area contributed by atoms with Gasteiger partial charge in [0.2, 0.25) is 0 Å². The highest BCUT2D eigenvalue weighted by Gasteiger charge is 2.34. The zero-order valence-corrected chi connectivity index (χ0v) is 10.2. The molecule has 2 amide bonds. The molecule has 0 bridgehead atoms. The Kier molecular flexibility index (Phi) is 3.67. The Balaban J connectivity index is 1.93. The molecular formula is C13H14FN3O2. The fourth-order valence-corrected chi connectivity index (χ4v) is 1.89. The molecule has 0 radical (unpaired) electrons. The van der Waals surface area contributed by atoms with Crippen molar-refractivity contribution in [1.29, 1.82) is 5.26 Å². The number of nitrogens with zero attached hydrogens (tertiary/aromatic N) is 1. The lowest BCUT2D eigenvalue weighted by atomic mass is 9.80. The van der Waals surface area contributed by atoms with E-state index in [1.54, 1.807) is 6.07 Å². The summed E-state index contributed by atoms with van der Waals surface area (Å²) < 4.78 is 12.9. The maximum absolute atomic E-state index is 12.9. The van der Waals surface area contributed by atoms with Crippen molar-refractivity contribution in [1.82, 2.24) is 5.32 Å². The molecule has 1 fully saturated rings. The lowest BCUT2D eigenvalue weighted by Crippen LogP contribution is -2.48. The molecule has 2 rings (SSSR count). The summed E-state index contributed by atoms with van der Waals surface area (Å²) in [5, 5.41) is 23.6. The van der Waals surface area contributed by atoms with E-state index in [9.17, 15) is 14.3 Å². The molecule has 1 aliphatic rings. The summed E-state index contributed by atoms with van der Waals surface area (Å²) in [6.07, 6.45) is 2.30. The number of hydrogen-bond donors (Lipinski definition) is 3. The molecule has 3 N–H and O–H groups in total. The third-order valence-electron chi connectivity index (χ3n) is 3.21. The molecule has 1 saturated carbocycles. The number of anilines is 1. The zero-order chi connectivity index (χ0) is 13.9. The number of rotatable bonds is 3. The van der Waals surface area contributed by atoms with Gasteiger partial charge in [0.15, 0.2) is 0 Å². The fourth-order valence-electron chi connectivity index (χ4n) is 1.89. The van der Waals surface area contributed by atoms with Crippen LogP contribution >= 0.6 is 0 Å². The largest absolute Gasteiger partial charge is 0.388 e. The molecule has 0 spiro atoms. The van der Waals surface area contributed by atoms with Crippen LogP contribution < -0.4 is 10.6 Å². The summed E-state index contributed by atoms with van der Waals surface area (Å²) in [6, 6.07) is 4.82. The lowest BCUT2D eigenvalue weighted by molar-refractivity contribution is -0.0287. The summed E-state index contributed by atoms with van der Waals surface area (Å²) in [5.41, 5.74) is -0.516. The van der Waals surface area contributed by atoms with Crippen molar-refractivity contribution < 1.29 is 14.3 Å². The molecule has 1 aliphatic carbocycles. The molecule has 100 valence electrons. The van der Waals surface area contributed by atoms with Crippen molar-refractivity contribution in [2.24, 2.45) is 0 Å². The van der Waals surface area contributed by atoms with Gasteiger partial charge in [-0.1, -0.05) is 0 Å². The monoisotopic (exact) mass is 263 g/mol. The van der Waals surface area contributed by atoms with Crippen LogP contribution in [0.25, 0.3) is 0 Å². The molecule has 0 atom stereocenters. The number of nitriles is 1. The topological polar surface area (TPSA) is 85.2 Å². The quantitative estimate of drug-likeness (QED) is 0.776. The van der Waals surface area contributed by atoms with Crippen LogP contribution in [0.3, 0.4) is 0 Å². The predicted octanol–water partition coefficient (Wildman–Crippen LogP) is 1.73. The Labute approximate surface area is 110 Å². The van der Waals surface area contributed by atoms with Crippen LogP contribution in [-0.4, -0.2) is 23.3 Å². The van der Waals surface area contributed by atoms with Crippen LogP contribution in [-0.2, 0) is 0 Å². The van der Waals surface area contributed by atoms with Crippen molar-refractivity contribution in [2.45, 2.75) is 24.9 Å². The first kappa shape index (κ1) is 13.3. The molecule has 0 aromatic heterocycles. The number of hydrogen-bond acceptors (Lipinski definition) is 3. The Morgan fingerprint density at radius 3 is 2.84 bits per heavy atom. The Bertz CT molecular complexity index is 535. The molecule has 19 heavy (non-hydrogen) atoms. The highest BCUT2D eigenvalue weighted by molar-refractivity contribution is 5.90. The molecule has 0 heterocycles. The van der Waals surface area contributed by atoms with Gasteiger partial charge in [0.1, 0.15) is 11.9 Å². The van der Waals surface area contributed by atoms with E-state index in [-0.39, 0.29) is 17.8 Å². The molecule has 6 heteroatoms. The Hall–Kier alpha value is -2.13. The number of carbonyl (C=O) groups is 1. The van der Waals surface area contributed by atoms with E-state index in [4.69, 9.17) is 5.26 Å². The smallest absolute Gasteiger partial charge is 0.319 e. The molecular weight excluding hydrogens is 249 g/mol. The summed E-state index contributed by atoms with van der Waals surface area (Å²) in [6.45, 7) is 0.169. The lowest BCUT2D eigenvalue weighted by Gasteiger charge is -2.36. The Morgan fingerprint density at radius 2 is 2.26 bits per heavy atom. The second kappa shape index (κ2) is 5.24. The second-order valence-corrected chi connectivity index (χ2v) is 4.69. The van der Waals surface area contributed by atoms with Crippen molar-refractivity contribution in [3.05, 3.63) is 29.6 Å². The van der Waals surface area contributed by atoms with Crippen molar-refractivity contribution >= 4 is 11.7 Å². The van der Waals surface area contributed by atoms with Crippen molar-refractivity contribution in [2.75, 3.05) is 11.9 Å². The maximum Gasteiger partial charge on any atom is 0.319 e. The highest BCUT2D eigenvalue weighted by Crippen LogP contribution is 2.30. The predicted molar refractivity (Wildman–Crippen MR) is 66.9 cm³/mol. The SMILES string of the molecule is N#Cc1cc(F)ccc1NC(=O)NCC1(O)CCC1. The van der Waals surface area contributed by atoms with Gasteiger partial charge in [0, 0.05) is 6.54 Å². The minimum Gasteiger partial charge on any atom is -0.388 e. The average molecular weight is 263 g/mol. The van der Waals surface area contributed by atoms with E-state index in [1.165, 1.54) is 6.07 Å². The van der Waals surface area contributed by atoms with Gasteiger partial charge in [-0.3, -0.25) is 0 Å². The van der Waals surface area contributed by atoms with Gasteiger partial charge in [-0.05, 0) is 37.5 Å². The summed E-state index contributed by atoms with van der Waals surface area (Å²) in [5.74, 6) is -0.536. The van der Waals surface area contributed by atoms with Crippen molar-refractivity contribution in [3.63, 3.8) is 0 Å². The molecule has 0 saturated heterocycles. The van der Waals surface area contributed by atoms with E-state index < -0.39 is 17.4 Å². The van der Waals surface area contributed by atoms with Crippen LogP contribution in [0.1, 0.15) is 24.8 Å². The number of amides is 2. The first-order valence-corrected chi connectivity index (χ1v) is 5.99. The summed E-state index contributed by atoms with van der Waals surface area (Å²) >= 11 is 0. The van der Waals surface area contributed by atoms with Crippen LogP contribution in [0.2, 0.25) is 0 Å². The van der Waals surface area contributed by atoms with Gasteiger partial charge in [-0.2, -0.15) is 5.26 Å². The van der Waals surface area contributed by atoms with Gasteiger partial charge in [-0.15, -0.1) is 0 Å². The molecule has 1 aromatic rings. The average Bonchev–Trinajstić information content (AvgIpc) is 2.36. The Morgan fingerprint density at radius 1 is 1.53 bits per heavy atom. The minimum atomic E-state index is -0.807. The molecule has 0 unspecified atom stereocenters. The number of carbonyl (C=O) groups excluding carboxylic acids is 1. The first-order chi connectivity index (χ1) is 9.02. The number of aliphatic hydroxyl groups is 1. The minimum absolute atomic E-state index is 0.0532. The number of halogens is 1. The molecule has 0 aliphatic heterocycles. The van der Waals surface area contributed by atoms with Crippen LogP contribution in [0.4, 0.5) is 14.9 Å². The zero-order valence-electron chi connectivity index (χ0n) is 10.2. The maximum atomic E-state index is 12.9. The van der Waals surface area contributed by atoms with Gasteiger partial charge in [-0.25, -0.2) is 9.18 Å². The summed E-state index contributed by atoms with van der Waals surface area (Å²) in [7, 11) is 0. The molecule has 5 nitrogen and oxygen atoms in total. The van der Waals surface area contributed by atoms with Gasteiger partial charge >= 0.3 is 6.03 Å². The number of benzene rings is 1. The third-order valence-corrected chi connectivity index (χ3v) is 3.21. The van der Waals surface area contributed by atoms with Gasteiger partial charge in [0.25, 0.3) is 0 Å². The third kappa shape index (κ3) is 3.20. The van der Waals surface area contributed by atoms with E-state index in [0.29, 0.717) is 12.8 Å². The van der Waals surface area contributed by atoms with E-state index in [2.05, 4.69) is 10.6 Å². The molecule has 1 aromatic carbocycles. The number of urea groups is 1. The fraction of sp³-hybridized carbons (Fsp3) is 0.385. The van der Waals surface area contributed by atoms with E-state index in [0.717, 1.165) is 18.6 Å². The normalized spacial score (nSPS) is 16.1. The van der Waals surface area contributed by atoms with Crippen LogP contribution in [0.5, 0.6) is 0 Å². The van der Waals surface area contributed by atoms with Crippen molar-refractivity contribution in [3.8, 4) is 6.07 Å². The van der Waals surface area contributed by atoms with Crippen LogP contribution in [0, 0.1) is 17.1 Å². The van der Waals surface area contributed by atoms with Crippen LogP contribution in [0.15, 0.2) is 18.2 Å². The van der Waals surface area contributed by atoms with E-state index in [1.807, 2.05) is 0 Å². The first-order valence-electron chi connectivity index (χ1n) is 5.99. The number of nitrogens with one attached hydrogen (secondary N) is 2.